The molecule has 0 aliphatic heterocycles. The number of hydrogen-bond acceptors (Lipinski definition) is 2. The van der Waals surface area contributed by atoms with Gasteiger partial charge in [0.15, 0.2) is 0 Å². The van der Waals surface area contributed by atoms with Crippen LogP contribution < -0.4 is 5.32 Å². The van der Waals surface area contributed by atoms with Gasteiger partial charge in [-0.2, -0.15) is 0 Å². The largest absolute Gasteiger partial charge is 0.310 e. The van der Waals surface area contributed by atoms with Crippen LogP contribution in [0.4, 0.5) is 4.39 Å². The maximum Gasteiger partial charge on any atom is 0.127 e. The summed E-state index contributed by atoms with van der Waals surface area (Å²) < 4.78 is 13.6. The third-order valence-electron chi connectivity index (χ3n) is 3.04. The van der Waals surface area contributed by atoms with Gasteiger partial charge < -0.3 is 5.32 Å². The molecule has 0 bridgehead atoms. The molecule has 0 unspecified atom stereocenters. The molecule has 0 fully saturated rings. The van der Waals surface area contributed by atoms with Crippen molar-refractivity contribution in [2.45, 2.75) is 37.1 Å². The summed E-state index contributed by atoms with van der Waals surface area (Å²) in [6.07, 6.45) is 0. The Labute approximate surface area is 134 Å². The van der Waals surface area contributed by atoms with Gasteiger partial charge in [-0.3, -0.25) is 0 Å². The van der Waals surface area contributed by atoms with Crippen molar-refractivity contribution in [3.63, 3.8) is 0 Å². The molecular formula is C17H19ClFNS. The zero-order chi connectivity index (χ0) is 15.2. The van der Waals surface area contributed by atoms with E-state index in [4.69, 9.17) is 11.6 Å². The van der Waals surface area contributed by atoms with E-state index in [2.05, 4.69) is 43.4 Å². The summed E-state index contributed by atoms with van der Waals surface area (Å²) in [6.45, 7) is 5.12. The third-order valence-corrected chi connectivity index (χ3v) is 4.34. The predicted octanol–water partition coefficient (Wildman–Crippen LogP) is 5.27. The number of rotatable bonds is 6. The molecule has 112 valence electrons. The smallest absolute Gasteiger partial charge is 0.127 e. The van der Waals surface area contributed by atoms with Crippen LogP contribution in [0.15, 0.2) is 47.4 Å². The fourth-order valence-electron chi connectivity index (χ4n) is 1.84. The predicted molar refractivity (Wildman–Crippen MR) is 89.4 cm³/mol. The Kier molecular flexibility index (Phi) is 6.09. The van der Waals surface area contributed by atoms with Gasteiger partial charge in [0.05, 0.1) is 0 Å². The number of halogens is 2. The summed E-state index contributed by atoms with van der Waals surface area (Å²) in [7, 11) is 0. The average molecular weight is 324 g/mol. The Morgan fingerprint density at radius 2 is 1.86 bits per heavy atom. The second kappa shape index (κ2) is 7.83. The zero-order valence-corrected chi connectivity index (χ0v) is 13.8. The molecule has 0 aromatic heterocycles. The normalized spacial score (nSPS) is 11.1. The van der Waals surface area contributed by atoms with Crippen LogP contribution in [0.3, 0.4) is 0 Å². The summed E-state index contributed by atoms with van der Waals surface area (Å²) >= 11 is 7.51. The lowest BCUT2D eigenvalue weighted by atomic mass is 10.2. The van der Waals surface area contributed by atoms with Crippen LogP contribution in [0.25, 0.3) is 0 Å². The first kappa shape index (κ1) is 16.3. The lowest BCUT2D eigenvalue weighted by Crippen LogP contribution is -2.21. The molecule has 0 aliphatic carbocycles. The van der Waals surface area contributed by atoms with Crippen molar-refractivity contribution in [2.24, 2.45) is 0 Å². The summed E-state index contributed by atoms with van der Waals surface area (Å²) in [6, 6.07) is 13.5. The molecule has 2 aromatic carbocycles. The van der Waals surface area contributed by atoms with Gasteiger partial charge in [-0.05, 0) is 41.5 Å². The minimum Gasteiger partial charge on any atom is -0.310 e. The van der Waals surface area contributed by atoms with E-state index in [0.717, 1.165) is 11.4 Å². The van der Waals surface area contributed by atoms with Gasteiger partial charge >= 0.3 is 0 Å². The fraction of sp³-hybridized carbons (Fsp3) is 0.294. The molecule has 0 saturated heterocycles. The van der Waals surface area contributed by atoms with E-state index in [1.54, 1.807) is 23.9 Å². The SMILES string of the molecule is CC(C)NCc1ccc(SCc2cc(Cl)ccc2F)cc1. The quantitative estimate of drug-likeness (QED) is 0.727. The summed E-state index contributed by atoms with van der Waals surface area (Å²) in [5.74, 6) is 0.375. The minimum absolute atomic E-state index is 0.204. The van der Waals surface area contributed by atoms with Crippen molar-refractivity contribution in [1.82, 2.24) is 5.32 Å². The van der Waals surface area contributed by atoms with E-state index in [1.807, 2.05) is 0 Å². The van der Waals surface area contributed by atoms with Crippen LogP contribution in [-0.4, -0.2) is 6.04 Å². The van der Waals surface area contributed by atoms with Gasteiger partial charge in [-0.15, -0.1) is 11.8 Å². The average Bonchev–Trinajstić information content (AvgIpc) is 2.47. The first-order valence-corrected chi connectivity index (χ1v) is 8.30. The van der Waals surface area contributed by atoms with Gasteiger partial charge in [-0.25, -0.2) is 4.39 Å². The summed E-state index contributed by atoms with van der Waals surface area (Å²) in [5.41, 5.74) is 1.89. The monoisotopic (exact) mass is 323 g/mol. The van der Waals surface area contributed by atoms with Gasteiger partial charge in [-0.1, -0.05) is 37.6 Å². The number of thioether (sulfide) groups is 1. The van der Waals surface area contributed by atoms with Gasteiger partial charge in [0, 0.05) is 28.3 Å². The second-order valence-corrected chi connectivity index (χ2v) is 6.69. The first-order chi connectivity index (χ1) is 10.0. The van der Waals surface area contributed by atoms with Crippen LogP contribution in [0.2, 0.25) is 5.02 Å². The molecule has 4 heteroatoms. The highest BCUT2D eigenvalue weighted by atomic mass is 35.5. The Bertz CT molecular complexity index is 584. The lowest BCUT2D eigenvalue weighted by molar-refractivity contribution is 0.588. The Morgan fingerprint density at radius 3 is 2.52 bits per heavy atom. The van der Waals surface area contributed by atoms with E-state index in [-0.39, 0.29) is 5.82 Å². The van der Waals surface area contributed by atoms with Crippen LogP contribution in [-0.2, 0) is 12.3 Å². The highest BCUT2D eigenvalue weighted by Gasteiger charge is 2.04. The standard InChI is InChI=1S/C17H19ClFNS/c1-12(2)20-10-13-3-6-16(7-4-13)21-11-14-9-15(18)5-8-17(14)19/h3-9,12,20H,10-11H2,1-2H3. The van der Waals surface area contributed by atoms with Gasteiger partial charge in [0.2, 0.25) is 0 Å². The maximum atomic E-state index is 13.6. The summed E-state index contributed by atoms with van der Waals surface area (Å²) in [4.78, 5) is 1.13. The van der Waals surface area contributed by atoms with Crippen molar-refractivity contribution in [2.75, 3.05) is 0 Å². The van der Waals surface area contributed by atoms with E-state index in [9.17, 15) is 4.39 Å². The molecule has 0 heterocycles. The molecular weight excluding hydrogens is 305 g/mol. The lowest BCUT2D eigenvalue weighted by Gasteiger charge is -2.09. The molecule has 2 rings (SSSR count). The maximum absolute atomic E-state index is 13.6. The van der Waals surface area contributed by atoms with Gasteiger partial charge in [0.25, 0.3) is 0 Å². The van der Waals surface area contributed by atoms with Crippen molar-refractivity contribution in [3.8, 4) is 0 Å². The van der Waals surface area contributed by atoms with Crippen molar-refractivity contribution < 1.29 is 4.39 Å². The minimum atomic E-state index is -0.204. The van der Waals surface area contributed by atoms with Crippen LogP contribution in [0.1, 0.15) is 25.0 Å². The van der Waals surface area contributed by atoms with Crippen molar-refractivity contribution >= 4 is 23.4 Å². The molecule has 0 amide bonds. The molecule has 0 saturated carbocycles. The van der Waals surface area contributed by atoms with E-state index in [1.165, 1.54) is 11.6 Å². The number of nitrogens with one attached hydrogen (secondary N) is 1. The van der Waals surface area contributed by atoms with E-state index >= 15 is 0 Å². The molecule has 0 spiro atoms. The van der Waals surface area contributed by atoms with E-state index < -0.39 is 0 Å². The zero-order valence-electron chi connectivity index (χ0n) is 12.2. The highest BCUT2D eigenvalue weighted by molar-refractivity contribution is 7.98. The van der Waals surface area contributed by atoms with E-state index in [0.29, 0.717) is 22.4 Å². The fourth-order valence-corrected chi connectivity index (χ4v) is 2.91. The molecule has 0 aliphatic rings. The molecule has 1 nitrogen and oxygen atoms in total. The third kappa shape index (κ3) is 5.34. The molecule has 21 heavy (non-hydrogen) atoms. The van der Waals surface area contributed by atoms with Crippen LogP contribution >= 0.6 is 23.4 Å². The van der Waals surface area contributed by atoms with Gasteiger partial charge in [0.1, 0.15) is 5.82 Å². The summed E-state index contributed by atoms with van der Waals surface area (Å²) in [5, 5.41) is 3.95. The number of hydrogen-bond donors (Lipinski definition) is 1. The van der Waals surface area contributed by atoms with Crippen molar-refractivity contribution in [3.05, 3.63) is 64.4 Å². The van der Waals surface area contributed by atoms with Crippen LogP contribution in [0.5, 0.6) is 0 Å². The molecule has 0 atom stereocenters. The Morgan fingerprint density at radius 1 is 1.14 bits per heavy atom. The molecule has 0 radical (unpaired) electrons. The number of benzene rings is 2. The van der Waals surface area contributed by atoms with Crippen molar-refractivity contribution in [1.29, 1.82) is 0 Å². The Hall–Kier alpha value is -1.03. The molecule has 1 N–H and O–H groups in total. The highest BCUT2D eigenvalue weighted by Crippen LogP contribution is 2.26. The first-order valence-electron chi connectivity index (χ1n) is 6.93. The Balaban J connectivity index is 1.93. The topological polar surface area (TPSA) is 12.0 Å². The second-order valence-electron chi connectivity index (χ2n) is 5.20. The van der Waals surface area contributed by atoms with Crippen LogP contribution in [0, 0.1) is 5.82 Å². The molecule has 2 aromatic rings.